The second-order valence-corrected chi connectivity index (χ2v) is 8.31. The largest absolute Gasteiger partial charge is 0.508 e. The van der Waals surface area contributed by atoms with Crippen LogP contribution < -0.4 is 17.2 Å². The summed E-state index contributed by atoms with van der Waals surface area (Å²) in [7, 11) is 0. The van der Waals surface area contributed by atoms with E-state index < -0.39 is 16.6 Å². The summed E-state index contributed by atoms with van der Waals surface area (Å²) in [6.45, 7) is 23.3. The SMILES string of the molecule is C=CCC(N)(CC=C)c1ccc(O)c(C(N)(CC=C)CC=C)c1C(N)(CC=C)CC=C. The van der Waals surface area contributed by atoms with Crippen molar-refractivity contribution < 1.29 is 5.11 Å². The molecule has 0 radical (unpaired) electrons. The van der Waals surface area contributed by atoms with Crippen molar-refractivity contribution in [2.24, 2.45) is 17.2 Å². The first-order chi connectivity index (χ1) is 14.6. The number of rotatable bonds is 15. The van der Waals surface area contributed by atoms with E-state index in [4.69, 9.17) is 17.2 Å². The molecule has 168 valence electrons. The zero-order valence-electron chi connectivity index (χ0n) is 18.8. The molecule has 0 bridgehead atoms. The van der Waals surface area contributed by atoms with Gasteiger partial charge in [-0.05, 0) is 55.7 Å². The maximum atomic E-state index is 11.1. The number of nitrogens with two attached hydrogens (primary N) is 3. The van der Waals surface area contributed by atoms with E-state index in [-0.39, 0.29) is 5.75 Å². The number of phenols is 1. The van der Waals surface area contributed by atoms with Gasteiger partial charge in [-0.15, -0.1) is 39.5 Å². The van der Waals surface area contributed by atoms with Gasteiger partial charge in [0.15, 0.2) is 0 Å². The normalized spacial score (nSPS) is 12.1. The molecule has 1 aromatic rings. The average molecular weight is 422 g/mol. The Bertz CT molecular complexity index is 807. The number of aromatic hydroxyl groups is 1. The highest BCUT2D eigenvalue weighted by atomic mass is 16.3. The van der Waals surface area contributed by atoms with Gasteiger partial charge in [-0.2, -0.15) is 0 Å². The van der Waals surface area contributed by atoms with Crippen molar-refractivity contribution in [3.05, 3.63) is 105 Å². The van der Waals surface area contributed by atoms with E-state index in [1.807, 2.05) is 6.07 Å². The molecule has 1 aromatic carbocycles. The molecular formula is C27H39N3O. The van der Waals surface area contributed by atoms with Gasteiger partial charge in [-0.3, -0.25) is 0 Å². The average Bonchev–Trinajstić information content (AvgIpc) is 2.68. The Hall–Kier alpha value is -2.66. The molecule has 0 aliphatic heterocycles. The van der Waals surface area contributed by atoms with Crippen LogP contribution >= 0.6 is 0 Å². The van der Waals surface area contributed by atoms with Crippen molar-refractivity contribution >= 4 is 0 Å². The predicted molar refractivity (Wildman–Crippen MR) is 135 cm³/mol. The third kappa shape index (κ3) is 5.53. The number of benzene rings is 1. The minimum absolute atomic E-state index is 0.0625. The quantitative estimate of drug-likeness (QED) is 0.288. The lowest BCUT2D eigenvalue weighted by atomic mass is 9.68. The molecule has 0 spiro atoms. The van der Waals surface area contributed by atoms with Crippen molar-refractivity contribution in [1.29, 1.82) is 0 Å². The second-order valence-electron chi connectivity index (χ2n) is 8.31. The topological polar surface area (TPSA) is 98.3 Å². The van der Waals surface area contributed by atoms with E-state index in [1.165, 1.54) is 0 Å². The smallest absolute Gasteiger partial charge is 0.121 e. The zero-order chi connectivity index (χ0) is 23.7. The lowest BCUT2D eigenvalue weighted by Crippen LogP contribution is -2.47. The Labute approximate surface area is 188 Å². The predicted octanol–water partition coefficient (Wildman–Crippen LogP) is 5.31. The van der Waals surface area contributed by atoms with Crippen LogP contribution in [0.5, 0.6) is 5.75 Å². The highest BCUT2D eigenvalue weighted by molar-refractivity contribution is 5.55. The van der Waals surface area contributed by atoms with Crippen LogP contribution in [0.15, 0.2) is 88.1 Å². The maximum absolute atomic E-state index is 11.1. The third-order valence-corrected chi connectivity index (χ3v) is 5.77. The molecule has 0 saturated carbocycles. The Morgan fingerprint density at radius 3 is 1.26 bits per heavy atom. The Morgan fingerprint density at radius 2 is 0.903 bits per heavy atom. The molecule has 4 nitrogen and oxygen atoms in total. The number of phenolic OH excluding ortho intramolecular Hbond substituents is 1. The van der Waals surface area contributed by atoms with Gasteiger partial charge < -0.3 is 22.3 Å². The van der Waals surface area contributed by atoms with Crippen molar-refractivity contribution in [1.82, 2.24) is 0 Å². The first-order valence-corrected chi connectivity index (χ1v) is 10.5. The van der Waals surface area contributed by atoms with Crippen LogP contribution in [0, 0.1) is 0 Å². The summed E-state index contributed by atoms with van der Waals surface area (Å²) >= 11 is 0. The molecule has 0 heterocycles. The van der Waals surface area contributed by atoms with Gasteiger partial charge in [-0.1, -0.05) is 42.5 Å². The molecule has 0 saturated heterocycles. The van der Waals surface area contributed by atoms with E-state index in [2.05, 4.69) is 39.5 Å². The fourth-order valence-electron chi connectivity index (χ4n) is 4.45. The van der Waals surface area contributed by atoms with Crippen LogP contribution in [0.3, 0.4) is 0 Å². The number of hydrogen-bond acceptors (Lipinski definition) is 4. The summed E-state index contributed by atoms with van der Waals surface area (Å²) in [5, 5.41) is 11.1. The minimum Gasteiger partial charge on any atom is -0.508 e. The van der Waals surface area contributed by atoms with Crippen LogP contribution in [0.1, 0.15) is 55.2 Å². The highest BCUT2D eigenvalue weighted by Crippen LogP contribution is 2.47. The Morgan fingerprint density at radius 1 is 0.581 bits per heavy atom. The van der Waals surface area contributed by atoms with E-state index in [0.717, 1.165) is 5.56 Å². The summed E-state index contributed by atoms with van der Waals surface area (Å²) in [6, 6.07) is 3.47. The van der Waals surface area contributed by atoms with Crippen molar-refractivity contribution in [2.75, 3.05) is 0 Å². The van der Waals surface area contributed by atoms with E-state index in [1.54, 1.807) is 42.5 Å². The van der Waals surface area contributed by atoms with Gasteiger partial charge in [0.25, 0.3) is 0 Å². The van der Waals surface area contributed by atoms with Crippen LogP contribution in [-0.4, -0.2) is 5.11 Å². The number of hydrogen-bond donors (Lipinski definition) is 4. The summed E-state index contributed by atoms with van der Waals surface area (Å²) in [5.74, 6) is 0.0625. The fraction of sp³-hybridized carbons (Fsp3) is 0.333. The summed E-state index contributed by atoms with van der Waals surface area (Å²) in [4.78, 5) is 0. The lowest BCUT2D eigenvalue weighted by Gasteiger charge is -2.42. The first-order valence-electron chi connectivity index (χ1n) is 10.5. The summed E-state index contributed by atoms with van der Waals surface area (Å²) in [5.41, 5.74) is 20.2. The first kappa shape index (κ1) is 26.4. The van der Waals surface area contributed by atoms with Gasteiger partial charge in [0.1, 0.15) is 5.75 Å². The standard InChI is InChI=1S/C27H39N3O/c1-7-15-25(28,16-8-2)21-13-14-22(31)24(27(30,19-11-5)20-12-6)23(21)26(29,17-9-3)18-10-4/h7-14,31H,1-6,15-20,28-30H2. The van der Waals surface area contributed by atoms with Crippen molar-refractivity contribution in [3.63, 3.8) is 0 Å². The molecular weight excluding hydrogens is 382 g/mol. The molecule has 1 rings (SSSR count). The zero-order valence-corrected chi connectivity index (χ0v) is 18.8. The van der Waals surface area contributed by atoms with E-state index >= 15 is 0 Å². The third-order valence-electron chi connectivity index (χ3n) is 5.77. The molecule has 4 heteroatoms. The van der Waals surface area contributed by atoms with Gasteiger partial charge >= 0.3 is 0 Å². The van der Waals surface area contributed by atoms with Crippen molar-refractivity contribution in [3.8, 4) is 5.75 Å². The van der Waals surface area contributed by atoms with Crippen LogP contribution in [0.4, 0.5) is 0 Å². The Balaban J connectivity index is 4.23. The maximum Gasteiger partial charge on any atom is 0.121 e. The monoisotopic (exact) mass is 421 g/mol. The van der Waals surface area contributed by atoms with E-state index in [0.29, 0.717) is 49.7 Å². The highest BCUT2D eigenvalue weighted by Gasteiger charge is 2.42. The molecule has 0 aromatic heterocycles. The van der Waals surface area contributed by atoms with Crippen LogP contribution in [0.25, 0.3) is 0 Å². The van der Waals surface area contributed by atoms with Gasteiger partial charge in [-0.25, -0.2) is 0 Å². The molecule has 0 aliphatic carbocycles. The molecule has 0 aliphatic rings. The van der Waals surface area contributed by atoms with Gasteiger partial charge in [0.2, 0.25) is 0 Å². The second kappa shape index (κ2) is 11.1. The fourth-order valence-corrected chi connectivity index (χ4v) is 4.45. The minimum atomic E-state index is -0.963. The van der Waals surface area contributed by atoms with E-state index in [9.17, 15) is 5.11 Å². The lowest BCUT2D eigenvalue weighted by molar-refractivity contribution is 0.362. The van der Waals surface area contributed by atoms with Crippen LogP contribution in [-0.2, 0) is 16.6 Å². The molecule has 0 amide bonds. The molecule has 0 atom stereocenters. The summed E-state index contributed by atoms with van der Waals surface area (Å²) in [6.07, 6.45) is 13.3. The summed E-state index contributed by atoms with van der Waals surface area (Å²) < 4.78 is 0. The molecule has 7 N–H and O–H groups in total. The van der Waals surface area contributed by atoms with Gasteiger partial charge in [0.05, 0.1) is 5.54 Å². The molecule has 31 heavy (non-hydrogen) atoms. The van der Waals surface area contributed by atoms with Crippen LogP contribution in [0.2, 0.25) is 0 Å². The molecule has 0 unspecified atom stereocenters. The molecule has 0 fully saturated rings. The van der Waals surface area contributed by atoms with Crippen molar-refractivity contribution in [2.45, 2.75) is 55.1 Å². The van der Waals surface area contributed by atoms with Gasteiger partial charge in [0, 0.05) is 16.6 Å². The Kier molecular flexibility index (Phi) is 9.44.